The second-order valence-corrected chi connectivity index (χ2v) is 3.46. The summed E-state index contributed by atoms with van der Waals surface area (Å²) < 4.78 is 4.96. The Bertz CT molecular complexity index is 284. The summed E-state index contributed by atoms with van der Waals surface area (Å²) in [6, 6.07) is 7.58. The Morgan fingerprint density at radius 2 is 2.08 bits per heavy atom. The van der Waals surface area contributed by atoms with Crippen LogP contribution in [0.4, 0.5) is 4.79 Å². The van der Waals surface area contributed by atoms with Crippen molar-refractivity contribution < 1.29 is 9.53 Å². The van der Waals surface area contributed by atoms with Gasteiger partial charge in [-0.05, 0) is 17.7 Å². The number of rotatable bonds is 3. The van der Waals surface area contributed by atoms with Crippen molar-refractivity contribution in [2.45, 2.75) is 6.54 Å². The minimum Gasteiger partial charge on any atom is -0.497 e. The van der Waals surface area contributed by atoms with Gasteiger partial charge in [0.2, 0.25) is 0 Å². The fourth-order valence-corrected chi connectivity index (χ4v) is 1.11. The third-order valence-electron chi connectivity index (χ3n) is 1.59. The third-order valence-corrected chi connectivity index (χ3v) is 1.97. The van der Waals surface area contributed by atoms with Crippen LogP contribution in [0.5, 0.6) is 5.75 Å². The number of benzene rings is 1. The molecule has 1 rings (SSSR count). The van der Waals surface area contributed by atoms with Crippen LogP contribution in [0.3, 0.4) is 0 Å². The molecule has 0 saturated heterocycles. The van der Waals surface area contributed by atoms with Gasteiger partial charge in [-0.15, -0.1) is 0 Å². The second kappa shape index (κ2) is 5.06. The Morgan fingerprint density at radius 1 is 1.46 bits per heavy atom. The number of hydrogen-bond acceptors (Lipinski definition) is 2. The van der Waals surface area contributed by atoms with Gasteiger partial charge in [0.1, 0.15) is 5.75 Å². The number of hydrogen-bond donors (Lipinski definition) is 1. The van der Waals surface area contributed by atoms with Crippen LogP contribution in [-0.2, 0) is 6.54 Å². The summed E-state index contributed by atoms with van der Waals surface area (Å²) in [5, 5.41) is 2.71. The molecule has 1 amide bonds. The molecule has 4 heteroatoms. The van der Waals surface area contributed by atoms with E-state index >= 15 is 0 Å². The van der Waals surface area contributed by atoms with E-state index in [-0.39, 0.29) is 3.91 Å². The maximum Gasteiger partial charge on any atom is 0.280 e. The Kier molecular flexibility index (Phi) is 4.01. The van der Waals surface area contributed by atoms with Crippen LogP contribution in [0.25, 0.3) is 0 Å². The number of nitrogens with one attached hydrogen (secondary N) is 1. The molecule has 13 heavy (non-hydrogen) atoms. The van der Waals surface area contributed by atoms with Crippen molar-refractivity contribution in [1.29, 1.82) is 0 Å². The molecule has 1 N–H and O–H groups in total. The van der Waals surface area contributed by atoms with E-state index in [1.165, 1.54) is 0 Å². The van der Waals surface area contributed by atoms with Crippen LogP contribution in [0.15, 0.2) is 24.3 Å². The van der Waals surface area contributed by atoms with Crippen LogP contribution in [-0.4, -0.2) is 11.0 Å². The van der Waals surface area contributed by atoms with Crippen LogP contribution < -0.4 is 10.1 Å². The molecule has 1 aromatic rings. The zero-order valence-electron chi connectivity index (χ0n) is 7.21. The van der Waals surface area contributed by atoms with E-state index in [9.17, 15) is 4.79 Å². The molecule has 0 fully saturated rings. The highest BCUT2D eigenvalue weighted by Gasteiger charge is 1.95. The fourth-order valence-electron chi connectivity index (χ4n) is 0.915. The van der Waals surface area contributed by atoms with E-state index in [4.69, 9.17) is 4.74 Å². The molecule has 0 aliphatic heterocycles. The van der Waals surface area contributed by atoms with Gasteiger partial charge in [0.25, 0.3) is 3.91 Å². The molecule has 0 spiro atoms. The van der Waals surface area contributed by atoms with Crippen LogP contribution >= 0.6 is 22.6 Å². The van der Waals surface area contributed by atoms with Gasteiger partial charge in [-0.2, -0.15) is 0 Å². The normalized spacial score (nSPS) is 9.38. The number of methoxy groups -OCH3 is 1. The quantitative estimate of drug-likeness (QED) is 0.527. The van der Waals surface area contributed by atoms with Gasteiger partial charge in [-0.25, -0.2) is 0 Å². The molecular formula is C9H10INO2. The SMILES string of the molecule is COc1ccc(CNC(=O)I)cc1. The zero-order valence-corrected chi connectivity index (χ0v) is 9.37. The smallest absolute Gasteiger partial charge is 0.280 e. The maximum absolute atomic E-state index is 10.6. The van der Waals surface area contributed by atoms with Gasteiger partial charge in [0.05, 0.1) is 7.11 Å². The Hall–Kier alpha value is -0.780. The molecule has 0 atom stereocenters. The first-order valence-electron chi connectivity index (χ1n) is 3.78. The first-order chi connectivity index (χ1) is 6.22. The molecule has 0 aromatic heterocycles. The average Bonchev–Trinajstić information content (AvgIpc) is 2.15. The lowest BCUT2D eigenvalue weighted by molar-refractivity contribution is 0.262. The highest BCUT2D eigenvalue weighted by Crippen LogP contribution is 2.10. The summed E-state index contributed by atoms with van der Waals surface area (Å²) in [6.07, 6.45) is 0. The van der Waals surface area contributed by atoms with E-state index < -0.39 is 0 Å². The zero-order chi connectivity index (χ0) is 9.68. The van der Waals surface area contributed by atoms with Crippen molar-refractivity contribution in [2.24, 2.45) is 0 Å². The second-order valence-electron chi connectivity index (χ2n) is 2.48. The summed E-state index contributed by atoms with van der Waals surface area (Å²) in [7, 11) is 1.63. The van der Waals surface area contributed by atoms with Crippen molar-refractivity contribution in [2.75, 3.05) is 7.11 Å². The molecule has 0 aliphatic carbocycles. The molecule has 0 radical (unpaired) electrons. The van der Waals surface area contributed by atoms with E-state index in [0.717, 1.165) is 11.3 Å². The summed E-state index contributed by atoms with van der Waals surface area (Å²) in [5.41, 5.74) is 1.06. The number of carbonyl (C=O) groups is 1. The Labute approximate surface area is 90.6 Å². The Morgan fingerprint density at radius 3 is 2.54 bits per heavy atom. The lowest BCUT2D eigenvalue weighted by atomic mass is 10.2. The Balaban J connectivity index is 2.54. The molecule has 0 bridgehead atoms. The van der Waals surface area contributed by atoms with Crippen molar-refractivity contribution in [3.8, 4) is 5.75 Å². The molecular weight excluding hydrogens is 281 g/mol. The van der Waals surface area contributed by atoms with E-state index in [0.29, 0.717) is 6.54 Å². The molecule has 0 heterocycles. The molecule has 0 unspecified atom stereocenters. The van der Waals surface area contributed by atoms with Gasteiger partial charge in [0, 0.05) is 29.1 Å². The monoisotopic (exact) mass is 291 g/mol. The van der Waals surface area contributed by atoms with Crippen LogP contribution in [0, 0.1) is 0 Å². The summed E-state index contributed by atoms with van der Waals surface area (Å²) >= 11 is 1.71. The first-order valence-corrected chi connectivity index (χ1v) is 4.86. The standard InChI is InChI=1S/C9H10INO2/c1-13-8-4-2-7(3-5-8)6-11-9(10)12/h2-5H,6H2,1H3,(H,11,12). The van der Waals surface area contributed by atoms with Gasteiger partial charge < -0.3 is 10.1 Å². The van der Waals surface area contributed by atoms with Crippen LogP contribution in [0.1, 0.15) is 5.56 Å². The highest BCUT2D eigenvalue weighted by atomic mass is 127. The molecule has 0 aliphatic rings. The van der Waals surface area contributed by atoms with Crippen LogP contribution in [0.2, 0.25) is 0 Å². The predicted molar refractivity (Wildman–Crippen MR) is 59.2 cm³/mol. The summed E-state index contributed by atoms with van der Waals surface area (Å²) in [5.74, 6) is 0.824. The molecule has 3 nitrogen and oxygen atoms in total. The molecule has 70 valence electrons. The third kappa shape index (κ3) is 3.63. The number of halogens is 1. The predicted octanol–water partition coefficient (Wildman–Crippen LogP) is 2.34. The van der Waals surface area contributed by atoms with Gasteiger partial charge in [-0.3, -0.25) is 4.79 Å². The van der Waals surface area contributed by atoms with Crippen molar-refractivity contribution in [3.63, 3.8) is 0 Å². The number of carbonyl (C=O) groups excluding carboxylic acids is 1. The molecule has 1 aromatic carbocycles. The minimum atomic E-state index is -0.0478. The summed E-state index contributed by atoms with van der Waals surface area (Å²) in [6.45, 7) is 0.561. The van der Waals surface area contributed by atoms with E-state index in [1.54, 1.807) is 29.7 Å². The topological polar surface area (TPSA) is 38.3 Å². The van der Waals surface area contributed by atoms with E-state index in [1.807, 2.05) is 24.3 Å². The fraction of sp³-hybridized carbons (Fsp3) is 0.222. The van der Waals surface area contributed by atoms with E-state index in [2.05, 4.69) is 5.32 Å². The maximum atomic E-state index is 10.6. The number of ether oxygens (including phenoxy) is 1. The largest absolute Gasteiger partial charge is 0.497 e. The minimum absolute atomic E-state index is 0.0478. The van der Waals surface area contributed by atoms with Crippen molar-refractivity contribution >= 4 is 26.5 Å². The van der Waals surface area contributed by atoms with Gasteiger partial charge in [-0.1, -0.05) is 12.1 Å². The van der Waals surface area contributed by atoms with Crippen molar-refractivity contribution in [3.05, 3.63) is 29.8 Å². The molecule has 0 saturated carbocycles. The lowest BCUT2D eigenvalue weighted by Crippen LogP contribution is -2.14. The number of amides is 1. The van der Waals surface area contributed by atoms with Gasteiger partial charge in [0.15, 0.2) is 0 Å². The average molecular weight is 291 g/mol. The first kappa shape index (κ1) is 10.3. The highest BCUT2D eigenvalue weighted by molar-refractivity contribution is 14.1. The lowest BCUT2D eigenvalue weighted by Gasteiger charge is -2.02. The van der Waals surface area contributed by atoms with Crippen molar-refractivity contribution in [1.82, 2.24) is 5.32 Å². The van der Waals surface area contributed by atoms with Gasteiger partial charge >= 0.3 is 0 Å². The summed E-state index contributed by atoms with van der Waals surface area (Å²) in [4.78, 5) is 10.6.